The molecule has 0 aliphatic carbocycles. The zero-order valence-corrected chi connectivity index (χ0v) is 10.9. The van der Waals surface area contributed by atoms with Crippen LogP contribution in [0.4, 0.5) is 0 Å². The molecule has 0 amide bonds. The number of esters is 1. The second-order valence-electron chi connectivity index (χ2n) is 4.01. The first-order valence-electron chi connectivity index (χ1n) is 6.08. The fourth-order valence-electron chi connectivity index (χ4n) is 1.74. The van der Waals surface area contributed by atoms with Crippen LogP contribution in [0.25, 0.3) is 0 Å². The molecule has 5 nitrogen and oxygen atoms in total. The van der Waals surface area contributed by atoms with Crippen LogP contribution in [0.3, 0.4) is 0 Å². The molecule has 0 saturated carbocycles. The van der Waals surface area contributed by atoms with E-state index < -0.39 is 5.97 Å². The van der Waals surface area contributed by atoms with Crippen molar-refractivity contribution in [2.75, 3.05) is 26.8 Å². The van der Waals surface area contributed by atoms with Crippen molar-refractivity contribution in [2.45, 2.75) is 19.9 Å². The topological polar surface area (TPSA) is 62.7 Å². The van der Waals surface area contributed by atoms with Crippen LogP contribution in [-0.2, 0) is 11.3 Å². The highest BCUT2D eigenvalue weighted by molar-refractivity contribution is 5.87. The van der Waals surface area contributed by atoms with Crippen molar-refractivity contribution in [3.05, 3.63) is 29.6 Å². The summed E-state index contributed by atoms with van der Waals surface area (Å²) in [5.41, 5.74) is 1.12. The Morgan fingerprint density at radius 2 is 2.22 bits per heavy atom. The van der Waals surface area contributed by atoms with Crippen LogP contribution in [-0.4, -0.2) is 47.8 Å². The Hall–Kier alpha value is -1.46. The van der Waals surface area contributed by atoms with Gasteiger partial charge in [0.2, 0.25) is 0 Å². The molecule has 100 valence electrons. The third kappa shape index (κ3) is 4.43. The molecule has 0 bridgehead atoms. The SMILES string of the molecule is CCCN(CCO)Cc1cccc(C(=O)OC)n1. The number of aliphatic hydroxyl groups is 1. The van der Waals surface area contributed by atoms with Crippen LogP contribution >= 0.6 is 0 Å². The Labute approximate surface area is 107 Å². The second kappa shape index (κ2) is 7.79. The number of nitrogens with zero attached hydrogens (tertiary/aromatic N) is 2. The van der Waals surface area contributed by atoms with E-state index in [0.717, 1.165) is 18.7 Å². The molecule has 0 aliphatic rings. The van der Waals surface area contributed by atoms with Gasteiger partial charge in [-0.3, -0.25) is 4.90 Å². The number of ether oxygens (including phenoxy) is 1. The number of pyridine rings is 1. The minimum absolute atomic E-state index is 0.122. The Bertz CT molecular complexity index is 376. The molecule has 1 heterocycles. The number of rotatable bonds is 7. The van der Waals surface area contributed by atoms with Gasteiger partial charge in [0.15, 0.2) is 0 Å². The van der Waals surface area contributed by atoms with E-state index in [0.29, 0.717) is 18.8 Å². The summed E-state index contributed by atoms with van der Waals surface area (Å²) in [6.07, 6.45) is 1.01. The van der Waals surface area contributed by atoms with Crippen molar-refractivity contribution in [2.24, 2.45) is 0 Å². The zero-order valence-electron chi connectivity index (χ0n) is 10.9. The zero-order chi connectivity index (χ0) is 13.4. The maximum absolute atomic E-state index is 11.4. The first-order chi connectivity index (χ1) is 8.71. The summed E-state index contributed by atoms with van der Waals surface area (Å²) < 4.78 is 4.64. The van der Waals surface area contributed by atoms with Crippen molar-refractivity contribution < 1.29 is 14.6 Å². The van der Waals surface area contributed by atoms with Gasteiger partial charge in [0.05, 0.1) is 19.4 Å². The molecule has 0 aromatic carbocycles. The lowest BCUT2D eigenvalue weighted by Gasteiger charge is -2.20. The number of hydrogen-bond donors (Lipinski definition) is 1. The van der Waals surface area contributed by atoms with E-state index in [9.17, 15) is 4.79 Å². The van der Waals surface area contributed by atoms with Crippen LogP contribution in [0.5, 0.6) is 0 Å². The van der Waals surface area contributed by atoms with Gasteiger partial charge in [0.25, 0.3) is 0 Å². The number of aromatic nitrogens is 1. The molecule has 0 unspecified atom stereocenters. The molecular formula is C13H20N2O3. The number of aliphatic hydroxyl groups excluding tert-OH is 1. The Morgan fingerprint density at radius 1 is 1.44 bits per heavy atom. The maximum Gasteiger partial charge on any atom is 0.356 e. The summed E-state index contributed by atoms with van der Waals surface area (Å²) in [6.45, 7) is 4.33. The predicted octanol–water partition coefficient (Wildman–Crippen LogP) is 1.07. The van der Waals surface area contributed by atoms with Crippen LogP contribution in [0.15, 0.2) is 18.2 Å². The van der Waals surface area contributed by atoms with Gasteiger partial charge >= 0.3 is 5.97 Å². The number of carbonyl (C=O) groups excluding carboxylic acids is 1. The van der Waals surface area contributed by atoms with Crippen molar-refractivity contribution >= 4 is 5.97 Å². The summed E-state index contributed by atoms with van der Waals surface area (Å²) in [6, 6.07) is 5.29. The molecule has 0 aliphatic heterocycles. The summed E-state index contributed by atoms with van der Waals surface area (Å²) in [7, 11) is 1.34. The van der Waals surface area contributed by atoms with Crippen molar-refractivity contribution in [3.63, 3.8) is 0 Å². The molecule has 1 N–H and O–H groups in total. The van der Waals surface area contributed by atoms with Gasteiger partial charge in [-0.15, -0.1) is 0 Å². The van der Waals surface area contributed by atoms with Gasteiger partial charge in [0, 0.05) is 13.1 Å². The van der Waals surface area contributed by atoms with E-state index in [4.69, 9.17) is 5.11 Å². The fraction of sp³-hybridized carbons (Fsp3) is 0.538. The number of methoxy groups -OCH3 is 1. The highest BCUT2D eigenvalue weighted by Crippen LogP contribution is 2.05. The number of carbonyl (C=O) groups is 1. The van der Waals surface area contributed by atoms with Gasteiger partial charge in [0.1, 0.15) is 5.69 Å². The third-order valence-corrected chi connectivity index (χ3v) is 2.54. The second-order valence-corrected chi connectivity index (χ2v) is 4.01. The molecule has 0 atom stereocenters. The quantitative estimate of drug-likeness (QED) is 0.735. The highest BCUT2D eigenvalue weighted by Gasteiger charge is 2.10. The summed E-state index contributed by atoms with van der Waals surface area (Å²) >= 11 is 0. The average molecular weight is 252 g/mol. The van der Waals surface area contributed by atoms with Gasteiger partial charge in [-0.05, 0) is 25.1 Å². The molecule has 0 radical (unpaired) electrons. The summed E-state index contributed by atoms with van der Waals surface area (Å²) in [4.78, 5) is 17.7. The molecule has 1 aromatic rings. The minimum atomic E-state index is -0.430. The fourth-order valence-corrected chi connectivity index (χ4v) is 1.74. The molecule has 1 aromatic heterocycles. The van der Waals surface area contributed by atoms with Gasteiger partial charge in [-0.1, -0.05) is 13.0 Å². The van der Waals surface area contributed by atoms with Crippen LogP contribution < -0.4 is 0 Å². The van der Waals surface area contributed by atoms with Gasteiger partial charge in [-0.25, -0.2) is 9.78 Å². The predicted molar refractivity (Wildman–Crippen MR) is 68.2 cm³/mol. The van der Waals surface area contributed by atoms with E-state index in [1.165, 1.54) is 7.11 Å². The number of hydrogen-bond acceptors (Lipinski definition) is 5. The van der Waals surface area contributed by atoms with Crippen molar-refractivity contribution in [1.82, 2.24) is 9.88 Å². The van der Waals surface area contributed by atoms with Crippen LogP contribution in [0.1, 0.15) is 29.5 Å². The molecule has 0 fully saturated rings. The highest BCUT2D eigenvalue weighted by atomic mass is 16.5. The average Bonchev–Trinajstić information content (AvgIpc) is 2.39. The van der Waals surface area contributed by atoms with E-state index in [-0.39, 0.29) is 6.61 Å². The van der Waals surface area contributed by atoms with Crippen LogP contribution in [0.2, 0.25) is 0 Å². The summed E-state index contributed by atoms with van der Waals surface area (Å²) in [5, 5.41) is 8.99. The molecule has 0 saturated heterocycles. The van der Waals surface area contributed by atoms with E-state index >= 15 is 0 Å². The smallest absolute Gasteiger partial charge is 0.356 e. The molecule has 0 spiro atoms. The molecule has 5 heteroatoms. The van der Waals surface area contributed by atoms with Gasteiger partial charge < -0.3 is 9.84 Å². The molecular weight excluding hydrogens is 232 g/mol. The first kappa shape index (κ1) is 14.6. The standard InChI is InChI=1S/C13H20N2O3/c1-3-7-15(8-9-16)10-11-5-4-6-12(14-11)13(17)18-2/h4-6,16H,3,7-10H2,1-2H3. The molecule has 18 heavy (non-hydrogen) atoms. The Morgan fingerprint density at radius 3 is 2.83 bits per heavy atom. The largest absolute Gasteiger partial charge is 0.464 e. The van der Waals surface area contributed by atoms with E-state index in [1.807, 2.05) is 6.07 Å². The minimum Gasteiger partial charge on any atom is -0.464 e. The van der Waals surface area contributed by atoms with E-state index in [2.05, 4.69) is 21.5 Å². The first-order valence-corrected chi connectivity index (χ1v) is 6.08. The maximum atomic E-state index is 11.4. The monoisotopic (exact) mass is 252 g/mol. The van der Waals surface area contributed by atoms with Gasteiger partial charge in [-0.2, -0.15) is 0 Å². The molecule has 1 rings (SSSR count). The van der Waals surface area contributed by atoms with Crippen molar-refractivity contribution in [1.29, 1.82) is 0 Å². The Balaban J connectivity index is 2.73. The summed E-state index contributed by atoms with van der Waals surface area (Å²) in [5.74, 6) is -0.430. The van der Waals surface area contributed by atoms with Crippen LogP contribution in [0, 0.1) is 0 Å². The Kier molecular flexibility index (Phi) is 6.32. The third-order valence-electron chi connectivity index (χ3n) is 2.54. The lowest BCUT2D eigenvalue weighted by atomic mass is 10.2. The van der Waals surface area contributed by atoms with Crippen molar-refractivity contribution in [3.8, 4) is 0 Å². The normalized spacial score (nSPS) is 10.7. The lowest BCUT2D eigenvalue weighted by molar-refractivity contribution is 0.0593. The van der Waals surface area contributed by atoms with E-state index in [1.54, 1.807) is 12.1 Å². The lowest BCUT2D eigenvalue weighted by Crippen LogP contribution is -2.27.